The van der Waals surface area contributed by atoms with E-state index in [4.69, 9.17) is 15.0 Å². The number of rotatable bonds is 4. The molecule has 0 atom stereocenters. The van der Waals surface area contributed by atoms with E-state index in [0.29, 0.717) is 19.8 Å². The number of ether oxygens (including phenoxy) is 1. The highest BCUT2D eigenvalue weighted by Gasteiger charge is 1.94. The number of aromatic nitrogens is 1. The molecule has 0 aliphatic heterocycles. The van der Waals surface area contributed by atoms with Gasteiger partial charge in [0.1, 0.15) is 6.61 Å². The summed E-state index contributed by atoms with van der Waals surface area (Å²) in [5.74, 6) is 0.730. The van der Waals surface area contributed by atoms with E-state index >= 15 is 0 Å². The second-order valence-corrected chi connectivity index (χ2v) is 1.82. The Kier molecular flexibility index (Phi) is 2.92. The molecule has 0 aliphatic rings. The molecule has 0 radical (unpaired) electrons. The Morgan fingerprint density at radius 3 is 3.20 bits per heavy atom. The van der Waals surface area contributed by atoms with Crippen LogP contribution in [-0.4, -0.2) is 18.3 Å². The smallest absolute Gasteiger partial charge is 0.162 e. The van der Waals surface area contributed by atoms with Gasteiger partial charge in [-0.05, 0) is 0 Å². The Hall–Kier alpha value is -0.870. The van der Waals surface area contributed by atoms with Gasteiger partial charge in [0.15, 0.2) is 5.76 Å². The molecule has 1 aromatic rings. The van der Waals surface area contributed by atoms with Crippen LogP contribution >= 0.6 is 0 Å². The van der Waals surface area contributed by atoms with E-state index < -0.39 is 0 Å². The van der Waals surface area contributed by atoms with Crippen molar-refractivity contribution < 1.29 is 9.26 Å². The first-order valence-electron chi connectivity index (χ1n) is 3.11. The van der Waals surface area contributed by atoms with Crippen molar-refractivity contribution >= 4 is 0 Å². The quantitative estimate of drug-likeness (QED) is 0.608. The van der Waals surface area contributed by atoms with Crippen LogP contribution in [0.4, 0.5) is 0 Å². The maximum Gasteiger partial charge on any atom is 0.162 e. The van der Waals surface area contributed by atoms with Gasteiger partial charge in [0.05, 0.1) is 12.8 Å². The maximum atomic E-state index is 5.20. The van der Waals surface area contributed by atoms with Gasteiger partial charge in [-0.3, -0.25) is 0 Å². The number of nitrogens with zero attached hydrogens (tertiary/aromatic N) is 1. The molecule has 1 heterocycles. The maximum absolute atomic E-state index is 5.20. The van der Waals surface area contributed by atoms with Crippen molar-refractivity contribution in [2.45, 2.75) is 6.61 Å². The third kappa shape index (κ3) is 2.16. The number of nitrogens with two attached hydrogens (primary N) is 1. The van der Waals surface area contributed by atoms with Crippen LogP contribution in [0.15, 0.2) is 16.8 Å². The van der Waals surface area contributed by atoms with Crippen LogP contribution < -0.4 is 5.73 Å². The van der Waals surface area contributed by atoms with Gasteiger partial charge in [-0.25, -0.2) is 0 Å². The lowest BCUT2D eigenvalue weighted by atomic mass is 10.5. The molecule has 0 aromatic carbocycles. The zero-order valence-electron chi connectivity index (χ0n) is 5.62. The van der Waals surface area contributed by atoms with Crippen LogP contribution in [0.5, 0.6) is 0 Å². The average Bonchev–Trinajstić information content (AvgIpc) is 2.41. The van der Waals surface area contributed by atoms with Crippen molar-refractivity contribution in [2.75, 3.05) is 13.2 Å². The Bertz CT molecular complexity index is 162. The minimum Gasteiger partial charge on any atom is -0.372 e. The van der Waals surface area contributed by atoms with Crippen molar-refractivity contribution in [3.8, 4) is 0 Å². The van der Waals surface area contributed by atoms with E-state index in [-0.39, 0.29) is 0 Å². The lowest BCUT2D eigenvalue weighted by Gasteiger charge is -1.95. The average molecular weight is 142 g/mol. The van der Waals surface area contributed by atoms with Crippen LogP contribution in [0.2, 0.25) is 0 Å². The summed E-state index contributed by atoms with van der Waals surface area (Å²) in [7, 11) is 0. The summed E-state index contributed by atoms with van der Waals surface area (Å²) in [4.78, 5) is 0. The minimum atomic E-state index is 0.456. The molecular weight excluding hydrogens is 132 g/mol. The number of hydrogen-bond donors (Lipinski definition) is 1. The van der Waals surface area contributed by atoms with Crippen LogP contribution in [0.25, 0.3) is 0 Å². The molecule has 2 N–H and O–H groups in total. The fourth-order valence-corrected chi connectivity index (χ4v) is 0.573. The molecule has 0 amide bonds. The summed E-state index contributed by atoms with van der Waals surface area (Å²) >= 11 is 0. The lowest BCUT2D eigenvalue weighted by molar-refractivity contribution is 0.107. The first kappa shape index (κ1) is 7.24. The Balaban J connectivity index is 2.15. The predicted octanol–water partition coefficient (Wildman–Crippen LogP) is 0.150. The SMILES string of the molecule is NCCOCc1ccno1. The third-order valence-corrected chi connectivity index (χ3v) is 0.998. The van der Waals surface area contributed by atoms with E-state index in [0.717, 1.165) is 5.76 Å². The summed E-state index contributed by atoms with van der Waals surface area (Å²) in [5.41, 5.74) is 5.20. The highest BCUT2D eigenvalue weighted by atomic mass is 16.5. The fraction of sp³-hybridized carbons (Fsp3) is 0.500. The zero-order chi connectivity index (χ0) is 7.23. The monoisotopic (exact) mass is 142 g/mol. The van der Waals surface area contributed by atoms with Gasteiger partial charge >= 0.3 is 0 Å². The second kappa shape index (κ2) is 4.03. The Morgan fingerprint density at radius 1 is 1.70 bits per heavy atom. The molecule has 4 heteroatoms. The first-order chi connectivity index (χ1) is 4.93. The Morgan fingerprint density at radius 2 is 2.60 bits per heavy atom. The summed E-state index contributed by atoms with van der Waals surface area (Å²) in [6.07, 6.45) is 1.58. The van der Waals surface area contributed by atoms with Crippen molar-refractivity contribution in [3.05, 3.63) is 18.0 Å². The molecule has 0 aliphatic carbocycles. The van der Waals surface area contributed by atoms with Crippen LogP contribution in [-0.2, 0) is 11.3 Å². The van der Waals surface area contributed by atoms with Crippen molar-refractivity contribution in [1.29, 1.82) is 0 Å². The standard InChI is InChI=1S/C6H10N2O2/c7-2-4-9-5-6-1-3-8-10-6/h1,3H,2,4-5,7H2. The normalized spacial score (nSPS) is 10.1. The fourth-order valence-electron chi connectivity index (χ4n) is 0.573. The van der Waals surface area contributed by atoms with Crippen molar-refractivity contribution in [3.63, 3.8) is 0 Å². The topological polar surface area (TPSA) is 61.3 Å². The van der Waals surface area contributed by atoms with E-state index in [2.05, 4.69) is 5.16 Å². The third-order valence-electron chi connectivity index (χ3n) is 0.998. The molecule has 0 fully saturated rings. The van der Waals surface area contributed by atoms with Crippen molar-refractivity contribution in [1.82, 2.24) is 5.16 Å². The Labute approximate surface area is 58.9 Å². The second-order valence-electron chi connectivity index (χ2n) is 1.82. The molecule has 0 bridgehead atoms. The van der Waals surface area contributed by atoms with Gasteiger partial charge in [0.25, 0.3) is 0 Å². The van der Waals surface area contributed by atoms with Crippen molar-refractivity contribution in [2.24, 2.45) is 5.73 Å². The summed E-state index contributed by atoms with van der Waals surface area (Å²) in [5, 5.41) is 3.51. The van der Waals surface area contributed by atoms with E-state index in [1.165, 1.54) is 0 Å². The van der Waals surface area contributed by atoms with Gasteiger partial charge < -0.3 is 15.0 Å². The predicted molar refractivity (Wildman–Crippen MR) is 35.2 cm³/mol. The molecule has 56 valence electrons. The van der Waals surface area contributed by atoms with Crippen LogP contribution in [0.3, 0.4) is 0 Å². The molecule has 1 aromatic heterocycles. The molecule has 0 saturated heterocycles. The minimum absolute atomic E-state index is 0.456. The van der Waals surface area contributed by atoms with Crippen LogP contribution in [0.1, 0.15) is 5.76 Å². The molecular formula is C6H10N2O2. The zero-order valence-corrected chi connectivity index (χ0v) is 5.62. The van der Waals surface area contributed by atoms with Gasteiger partial charge in [-0.2, -0.15) is 0 Å². The van der Waals surface area contributed by atoms with E-state index in [9.17, 15) is 0 Å². The molecule has 10 heavy (non-hydrogen) atoms. The highest BCUT2D eigenvalue weighted by Crippen LogP contribution is 1.97. The highest BCUT2D eigenvalue weighted by molar-refractivity contribution is 4.89. The van der Waals surface area contributed by atoms with Gasteiger partial charge in [-0.15, -0.1) is 0 Å². The molecule has 0 unspecified atom stereocenters. The molecule has 1 rings (SSSR count). The molecule has 0 saturated carbocycles. The summed E-state index contributed by atoms with van der Waals surface area (Å²) < 4.78 is 9.83. The van der Waals surface area contributed by atoms with Gasteiger partial charge in [0, 0.05) is 12.6 Å². The van der Waals surface area contributed by atoms with Crippen LogP contribution in [0, 0.1) is 0 Å². The summed E-state index contributed by atoms with van der Waals surface area (Å²) in [6, 6.07) is 1.76. The number of hydrogen-bond acceptors (Lipinski definition) is 4. The molecule has 0 spiro atoms. The largest absolute Gasteiger partial charge is 0.372 e. The van der Waals surface area contributed by atoms with E-state index in [1.54, 1.807) is 12.3 Å². The molecule has 4 nitrogen and oxygen atoms in total. The summed E-state index contributed by atoms with van der Waals surface area (Å²) in [6.45, 7) is 1.55. The van der Waals surface area contributed by atoms with Gasteiger partial charge in [0.2, 0.25) is 0 Å². The first-order valence-corrected chi connectivity index (χ1v) is 3.11. The van der Waals surface area contributed by atoms with E-state index in [1.807, 2.05) is 0 Å². The lowest BCUT2D eigenvalue weighted by Crippen LogP contribution is -2.07. The van der Waals surface area contributed by atoms with Gasteiger partial charge in [-0.1, -0.05) is 5.16 Å².